The van der Waals surface area contributed by atoms with Gasteiger partial charge in [-0.05, 0) is 6.92 Å². The molecule has 5 nitrogen and oxygen atoms in total. The van der Waals surface area contributed by atoms with Crippen LogP contribution < -0.4 is 4.74 Å². The number of esters is 1. The summed E-state index contributed by atoms with van der Waals surface area (Å²) in [7, 11) is 0. The van der Waals surface area contributed by atoms with E-state index < -0.39 is 5.97 Å². The highest BCUT2D eigenvalue weighted by Crippen LogP contribution is 2.38. The maximum atomic E-state index is 10.8. The molecule has 2 rings (SSSR count). The molecule has 0 atom stereocenters. The fourth-order valence-corrected chi connectivity index (χ4v) is 1.01. The standard InChI is InChI=1S/C7H5NO4/c1-2-4-5(12-6(2)9)3(8)7(10)11-4/h8-9H,1H3. The SMILES string of the molecule is Cc1c(O)oc2c1OC(=O)C2=N. The second kappa shape index (κ2) is 1.88. The van der Waals surface area contributed by atoms with E-state index in [9.17, 15) is 4.79 Å². The van der Waals surface area contributed by atoms with Gasteiger partial charge in [0, 0.05) is 0 Å². The average molecular weight is 167 g/mol. The van der Waals surface area contributed by atoms with Crippen molar-refractivity contribution in [3.05, 3.63) is 11.3 Å². The van der Waals surface area contributed by atoms with E-state index in [1.54, 1.807) is 6.92 Å². The van der Waals surface area contributed by atoms with Crippen LogP contribution in [0.2, 0.25) is 0 Å². The van der Waals surface area contributed by atoms with Crippen molar-refractivity contribution in [2.24, 2.45) is 0 Å². The van der Waals surface area contributed by atoms with Crippen LogP contribution in [0.3, 0.4) is 0 Å². The van der Waals surface area contributed by atoms with Gasteiger partial charge in [-0.15, -0.1) is 0 Å². The van der Waals surface area contributed by atoms with Gasteiger partial charge in [0.15, 0.2) is 11.5 Å². The Hall–Kier alpha value is -1.78. The van der Waals surface area contributed by atoms with E-state index in [-0.39, 0.29) is 23.2 Å². The van der Waals surface area contributed by atoms with Gasteiger partial charge in [0.1, 0.15) is 0 Å². The molecule has 5 heteroatoms. The molecule has 0 aliphatic carbocycles. The van der Waals surface area contributed by atoms with Crippen molar-refractivity contribution in [1.29, 1.82) is 5.41 Å². The normalized spacial score (nSPS) is 14.8. The molecule has 0 fully saturated rings. The van der Waals surface area contributed by atoms with Crippen LogP contribution in [0.5, 0.6) is 11.7 Å². The summed E-state index contributed by atoms with van der Waals surface area (Å²) in [5.41, 5.74) is -0.00556. The number of ether oxygens (including phenoxy) is 1. The molecule has 0 spiro atoms. The molecule has 0 amide bonds. The molecule has 1 aliphatic heterocycles. The molecular formula is C7H5NO4. The predicted octanol–water partition coefficient (Wildman–Crippen LogP) is 0.580. The summed E-state index contributed by atoms with van der Waals surface area (Å²) < 4.78 is 9.38. The lowest BCUT2D eigenvalue weighted by Gasteiger charge is -1.91. The van der Waals surface area contributed by atoms with Gasteiger partial charge in [-0.2, -0.15) is 0 Å². The molecule has 2 N–H and O–H groups in total. The van der Waals surface area contributed by atoms with Gasteiger partial charge in [-0.25, -0.2) is 4.79 Å². The van der Waals surface area contributed by atoms with Crippen LogP contribution >= 0.6 is 0 Å². The van der Waals surface area contributed by atoms with E-state index in [2.05, 4.69) is 4.74 Å². The van der Waals surface area contributed by atoms with Gasteiger partial charge < -0.3 is 14.3 Å². The van der Waals surface area contributed by atoms with E-state index in [4.69, 9.17) is 14.9 Å². The van der Waals surface area contributed by atoms with E-state index in [0.29, 0.717) is 5.56 Å². The summed E-state index contributed by atoms with van der Waals surface area (Å²) >= 11 is 0. The molecule has 1 aromatic heterocycles. The van der Waals surface area contributed by atoms with Crippen LogP contribution in [0, 0.1) is 12.3 Å². The van der Waals surface area contributed by atoms with Crippen LogP contribution in [0.25, 0.3) is 0 Å². The number of hydrogen-bond acceptors (Lipinski definition) is 5. The van der Waals surface area contributed by atoms with Gasteiger partial charge in [0.05, 0.1) is 5.56 Å². The molecule has 62 valence electrons. The Kier molecular flexibility index (Phi) is 1.08. The number of fused-ring (bicyclic) bond motifs is 1. The first kappa shape index (κ1) is 6.90. The van der Waals surface area contributed by atoms with Gasteiger partial charge in [-0.3, -0.25) is 5.41 Å². The van der Waals surface area contributed by atoms with E-state index in [0.717, 1.165) is 0 Å². The van der Waals surface area contributed by atoms with E-state index in [1.807, 2.05) is 0 Å². The third kappa shape index (κ3) is 0.623. The molecule has 1 aromatic rings. The number of carbonyl (C=O) groups excluding carboxylic acids is 1. The van der Waals surface area contributed by atoms with Crippen molar-refractivity contribution >= 4 is 11.7 Å². The number of rotatable bonds is 0. The van der Waals surface area contributed by atoms with Crippen molar-refractivity contribution in [1.82, 2.24) is 0 Å². The van der Waals surface area contributed by atoms with Gasteiger partial charge in [0.25, 0.3) is 5.95 Å². The Labute approximate surface area is 67.1 Å². The highest BCUT2D eigenvalue weighted by molar-refractivity contribution is 6.44. The lowest BCUT2D eigenvalue weighted by molar-refractivity contribution is -0.126. The van der Waals surface area contributed by atoms with Crippen LogP contribution in [0.1, 0.15) is 11.3 Å². The molecule has 0 saturated heterocycles. The van der Waals surface area contributed by atoms with E-state index >= 15 is 0 Å². The summed E-state index contributed by atoms with van der Waals surface area (Å²) in [5, 5.41) is 16.2. The minimum Gasteiger partial charge on any atom is -0.480 e. The van der Waals surface area contributed by atoms with Gasteiger partial charge >= 0.3 is 5.97 Å². The summed E-state index contributed by atoms with van der Waals surface area (Å²) in [6.07, 6.45) is 0. The molecule has 0 bridgehead atoms. The third-order valence-corrected chi connectivity index (χ3v) is 1.69. The maximum Gasteiger partial charge on any atom is 0.365 e. The summed E-state index contributed by atoms with van der Waals surface area (Å²) in [5.74, 6) is -0.887. The third-order valence-electron chi connectivity index (χ3n) is 1.69. The smallest absolute Gasteiger partial charge is 0.365 e. The zero-order chi connectivity index (χ0) is 8.88. The van der Waals surface area contributed by atoms with Gasteiger partial charge in [0.2, 0.25) is 5.76 Å². The van der Waals surface area contributed by atoms with Crippen molar-refractivity contribution in [3.8, 4) is 11.7 Å². The summed E-state index contributed by atoms with van der Waals surface area (Å²) in [6.45, 7) is 1.55. The number of aromatic hydroxyl groups is 1. The minimum absolute atomic E-state index is 0.00926. The number of carbonyl (C=O) groups is 1. The Morgan fingerprint density at radius 2 is 2.17 bits per heavy atom. The van der Waals surface area contributed by atoms with Crippen molar-refractivity contribution in [2.45, 2.75) is 6.92 Å². The monoisotopic (exact) mass is 167 g/mol. The fourth-order valence-electron chi connectivity index (χ4n) is 1.01. The first-order valence-electron chi connectivity index (χ1n) is 3.24. The van der Waals surface area contributed by atoms with Crippen molar-refractivity contribution in [2.75, 3.05) is 0 Å². The Morgan fingerprint density at radius 3 is 2.75 bits per heavy atom. The largest absolute Gasteiger partial charge is 0.480 e. The zero-order valence-electron chi connectivity index (χ0n) is 6.17. The first-order chi connectivity index (χ1) is 5.61. The maximum absolute atomic E-state index is 10.8. The molecule has 0 aromatic carbocycles. The number of furan rings is 1. The molecule has 12 heavy (non-hydrogen) atoms. The van der Waals surface area contributed by atoms with Gasteiger partial charge in [-0.1, -0.05) is 0 Å². The molecule has 0 radical (unpaired) electrons. The summed E-state index contributed by atoms with van der Waals surface area (Å²) in [4.78, 5) is 10.8. The Morgan fingerprint density at radius 1 is 1.50 bits per heavy atom. The Bertz CT molecular complexity index is 390. The average Bonchev–Trinajstić information content (AvgIpc) is 2.43. The van der Waals surface area contributed by atoms with Crippen LogP contribution in [0.15, 0.2) is 4.42 Å². The van der Waals surface area contributed by atoms with E-state index in [1.165, 1.54) is 0 Å². The second-order valence-electron chi connectivity index (χ2n) is 2.45. The zero-order valence-corrected chi connectivity index (χ0v) is 6.17. The van der Waals surface area contributed by atoms with Crippen molar-refractivity contribution < 1.29 is 19.1 Å². The van der Waals surface area contributed by atoms with Crippen LogP contribution in [-0.4, -0.2) is 16.8 Å². The van der Waals surface area contributed by atoms with Crippen molar-refractivity contribution in [3.63, 3.8) is 0 Å². The number of hydrogen-bond donors (Lipinski definition) is 2. The highest BCUT2D eigenvalue weighted by atomic mass is 16.6. The molecule has 0 unspecified atom stereocenters. The lowest BCUT2D eigenvalue weighted by Crippen LogP contribution is -2.11. The quantitative estimate of drug-likeness (QED) is 0.553. The fraction of sp³-hybridized carbons (Fsp3) is 0.143. The second-order valence-corrected chi connectivity index (χ2v) is 2.45. The molecule has 1 aliphatic rings. The van der Waals surface area contributed by atoms with Crippen LogP contribution in [0.4, 0.5) is 0 Å². The summed E-state index contributed by atoms with van der Waals surface area (Å²) in [6, 6.07) is 0. The highest BCUT2D eigenvalue weighted by Gasteiger charge is 2.35. The first-order valence-corrected chi connectivity index (χ1v) is 3.24. The molecule has 2 heterocycles. The lowest BCUT2D eigenvalue weighted by atomic mass is 10.2. The minimum atomic E-state index is -0.744. The Balaban J connectivity index is 2.67. The topological polar surface area (TPSA) is 83.5 Å². The molecular weight excluding hydrogens is 162 g/mol. The molecule has 0 saturated carbocycles. The predicted molar refractivity (Wildman–Crippen MR) is 37.6 cm³/mol. The van der Waals surface area contributed by atoms with Crippen LogP contribution in [-0.2, 0) is 4.79 Å². The number of nitrogens with one attached hydrogen (secondary N) is 1.